The predicted molar refractivity (Wildman–Crippen MR) is 74.0 cm³/mol. The molecule has 0 saturated heterocycles. The van der Waals surface area contributed by atoms with Gasteiger partial charge in [0, 0.05) is 13.0 Å². The molecule has 6 heteroatoms. The number of carbonyl (C=O) groups is 1. The van der Waals surface area contributed by atoms with E-state index in [0.717, 1.165) is 0 Å². The van der Waals surface area contributed by atoms with Gasteiger partial charge in [0.1, 0.15) is 17.2 Å². The smallest absolute Gasteiger partial charge is 0.407 e. The average Bonchev–Trinajstić information content (AvgIpc) is 2.68. The molecule has 0 aliphatic carbocycles. The molecule has 0 spiro atoms. The van der Waals surface area contributed by atoms with Gasteiger partial charge in [-0.2, -0.15) is 0 Å². The molecule has 2 rings (SSSR count). The summed E-state index contributed by atoms with van der Waals surface area (Å²) >= 11 is 0. The molecule has 20 heavy (non-hydrogen) atoms. The maximum absolute atomic E-state index is 13.0. The van der Waals surface area contributed by atoms with Gasteiger partial charge in [0.25, 0.3) is 0 Å². The number of rotatable bonds is 3. The van der Waals surface area contributed by atoms with Crippen molar-refractivity contribution in [3.8, 4) is 0 Å². The monoisotopic (exact) mass is 279 g/mol. The highest BCUT2D eigenvalue weighted by atomic mass is 19.1. The highest BCUT2D eigenvalue weighted by molar-refractivity contribution is 5.75. The zero-order valence-corrected chi connectivity index (χ0v) is 11.8. The van der Waals surface area contributed by atoms with Gasteiger partial charge in [-0.1, -0.05) is 0 Å². The lowest BCUT2D eigenvalue weighted by Crippen LogP contribution is -2.33. The van der Waals surface area contributed by atoms with Crippen molar-refractivity contribution in [2.75, 3.05) is 6.54 Å². The number of carbonyl (C=O) groups excluding carboxylic acids is 1. The van der Waals surface area contributed by atoms with Crippen molar-refractivity contribution >= 4 is 17.1 Å². The summed E-state index contributed by atoms with van der Waals surface area (Å²) in [5.74, 6) is 0.390. The lowest BCUT2D eigenvalue weighted by atomic mass is 10.2. The Labute approximate surface area is 116 Å². The summed E-state index contributed by atoms with van der Waals surface area (Å²) in [6.07, 6.45) is 0.0647. The second-order valence-corrected chi connectivity index (χ2v) is 5.52. The van der Waals surface area contributed by atoms with Gasteiger partial charge in [0.2, 0.25) is 0 Å². The largest absolute Gasteiger partial charge is 0.444 e. The Bertz CT molecular complexity index is 616. The molecule has 0 atom stereocenters. The van der Waals surface area contributed by atoms with E-state index in [1.807, 2.05) is 0 Å². The van der Waals surface area contributed by atoms with Crippen LogP contribution in [0.15, 0.2) is 18.2 Å². The Morgan fingerprint density at radius 1 is 1.45 bits per heavy atom. The molecule has 0 radical (unpaired) electrons. The van der Waals surface area contributed by atoms with E-state index in [-0.39, 0.29) is 5.82 Å². The molecule has 1 heterocycles. The SMILES string of the molecule is CC(C)(C)OC(=O)NCCc1nc2ccc(F)cc2[nH]1. The average molecular weight is 279 g/mol. The van der Waals surface area contributed by atoms with Crippen LogP contribution in [0.4, 0.5) is 9.18 Å². The van der Waals surface area contributed by atoms with Gasteiger partial charge in [0.15, 0.2) is 0 Å². The third kappa shape index (κ3) is 3.94. The first-order valence-corrected chi connectivity index (χ1v) is 6.44. The van der Waals surface area contributed by atoms with Crippen molar-refractivity contribution in [1.29, 1.82) is 0 Å². The van der Waals surface area contributed by atoms with Crippen LogP contribution in [-0.2, 0) is 11.2 Å². The van der Waals surface area contributed by atoms with Crippen LogP contribution >= 0.6 is 0 Å². The highest BCUT2D eigenvalue weighted by Gasteiger charge is 2.15. The maximum atomic E-state index is 13.0. The third-order valence-corrected chi connectivity index (χ3v) is 2.52. The lowest BCUT2D eigenvalue weighted by Gasteiger charge is -2.19. The van der Waals surface area contributed by atoms with Gasteiger partial charge in [-0.3, -0.25) is 0 Å². The van der Waals surface area contributed by atoms with Crippen LogP contribution in [0.25, 0.3) is 11.0 Å². The standard InChI is InChI=1S/C14H18FN3O2/c1-14(2,3)20-13(19)16-7-6-12-17-10-5-4-9(15)8-11(10)18-12/h4-5,8H,6-7H2,1-3H3,(H,16,19)(H,17,18). The summed E-state index contributed by atoms with van der Waals surface area (Å²) in [6.45, 7) is 5.82. The number of aromatic nitrogens is 2. The number of hydrogen-bond acceptors (Lipinski definition) is 3. The summed E-state index contributed by atoms with van der Waals surface area (Å²) in [5.41, 5.74) is 0.844. The minimum absolute atomic E-state index is 0.306. The summed E-state index contributed by atoms with van der Waals surface area (Å²) in [6, 6.07) is 4.38. The molecule has 0 unspecified atom stereocenters. The van der Waals surface area contributed by atoms with Crippen molar-refractivity contribution in [2.45, 2.75) is 32.8 Å². The molecule has 5 nitrogen and oxygen atoms in total. The van der Waals surface area contributed by atoms with Crippen LogP contribution in [0.1, 0.15) is 26.6 Å². The minimum Gasteiger partial charge on any atom is -0.444 e. The topological polar surface area (TPSA) is 67.0 Å². The molecule has 1 amide bonds. The van der Waals surface area contributed by atoms with Crippen molar-refractivity contribution in [3.05, 3.63) is 29.8 Å². The summed E-state index contributed by atoms with van der Waals surface area (Å²) in [5, 5.41) is 2.65. The highest BCUT2D eigenvalue weighted by Crippen LogP contribution is 2.13. The molecule has 2 N–H and O–H groups in total. The second kappa shape index (κ2) is 5.48. The van der Waals surface area contributed by atoms with Crippen LogP contribution in [-0.4, -0.2) is 28.2 Å². The molecular weight excluding hydrogens is 261 g/mol. The Balaban J connectivity index is 1.88. The van der Waals surface area contributed by atoms with Crippen molar-refractivity contribution in [3.63, 3.8) is 0 Å². The zero-order valence-electron chi connectivity index (χ0n) is 11.8. The van der Waals surface area contributed by atoms with Crippen LogP contribution in [0.5, 0.6) is 0 Å². The first-order chi connectivity index (χ1) is 9.33. The van der Waals surface area contributed by atoms with Gasteiger partial charge in [-0.15, -0.1) is 0 Å². The molecule has 0 aliphatic rings. The van der Waals surface area contributed by atoms with Crippen LogP contribution in [0, 0.1) is 5.82 Å². The Hall–Kier alpha value is -2.11. The molecule has 2 aromatic rings. The first-order valence-electron chi connectivity index (χ1n) is 6.44. The number of ether oxygens (including phenoxy) is 1. The number of fused-ring (bicyclic) bond motifs is 1. The molecule has 108 valence electrons. The Morgan fingerprint density at radius 2 is 2.20 bits per heavy atom. The second-order valence-electron chi connectivity index (χ2n) is 5.52. The number of halogens is 1. The van der Waals surface area contributed by atoms with Crippen LogP contribution in [0.3, 0.4) is 0 Å². The van der Waals surface area contributed by atoms with E-state index < -0.39 is 11.7 Å². The lowest BCUT2D eigenvalue weighted by molar-refractivity contribution is 0.0528. The summed E-state index contributed by atoms with van der Waals surface area (Å²) in [4.78, 5) is 18.8. The van der Waals surface area contributed by atoms with Crippen molar-refractivity contribution in [2.24, 2.45) is 0 Å². The zero-order chi connectivity index (χ0) is 14.8. The van der Waals surface area contributed by atoms with E-state index in [2.05, 4.69) is 15.3 Å². The van der Waals surface area contributed by atoms with Crippen LogP contribution < -0.4 is 5.32 Å². The summed E-state index contributed by atoms with van der Waals surface area (Å²) < 4.78 is 18.2. The third-order valence-electron chi connectivity index (χ3n) is 2.52. The first kappa shape index (κ1) is 14.3. The van der Waals surface area contributed by atoms with Gasteiger partial charge in [-0.05, 0) is 39.0 Å². The Kier molecular flexibility index (Phi) is 3.92. The molecule has 0 aliphatic heterocycles. The van der Waals surface area contributed by atoms with E-state index >= 15 is 0 Å². The van der Waals surface area contributed by atoms with Gasteiger partial charge >= 0.3 is 6.09 Å². The number of aromatic amines is 1. The maximum Gasteiger partial charge on any atom is 0.407 e. The van der Waals surface area contributed by atoms with E-state index in [1.54, 1.807) is 26.8 Å². The normalized spacial score (nSPS) is 11.6. The van der Waals surface area contributed by atoms with Crippen LogP contribution in [0.2, 0.25) is 0 Å². The van der Waals surface area contributed by atoms with Gasteiger partial charge < -0.3 is 15.0 Å². The fraction of sp³-hybridized carbons (Fsp3) is 0.429. The molecule has 1 aromatic heterocycles. The number of hydrogen-bond donors (Lipinski definition) is 2. The minimum atomic E-state index is -0.513. The molecule has 0 bridgehead atoms. The van der Waals surface area contributed by atoms with E-state index in [0.29, 0.717) is 29.8 Å². The molecular formula is C14H18FN3O2. The van der Waals surface area contributed by atoms with Crippen molar-refractivity contribution in [1.82, 2.24) is 15.3 Å². The number of imidazole rings is 1. The van der Waals surface area contributed by atoms with Gasteiger partial charge in [0.05, 0.1) is 11.0 Å². The van der Waals surface area contributed by atoms with Crippen molar-refractivity contribution < 1.29 is 13.9 Å². The number of nitrogens with one attached hydrogen (secondary N) is 2. The number of alkyl carbamates (subject to hydrolysis) is 1. The number of benzene rings is 1. The quantitative estimate of drug-likeness (QED) is 0.907. The molecule has 0 fully saturated rings. The van der Waals surface area contributed by atoms with E-state index in [1.165, 1.54) is 12.1 Å². The predicted octanol–water partition coefficient (Wildman–Crippen LogP) is 2.77. The fourth-order valence-electron chi connectivity index (χ4n) is 1.75. The fourth-order valence-corrected chi connectivity index (χ4v) is 1.75. The summed E-state index contributed by atoms with van der Waals surface area (Å²) in [7, 11) is 0. The van der Waals surface area contributed by atoms with E-state index in [4.69, 9.17) is 4.74 Å². The number of amides is 1. The number of H-pyrrole nitrogens is 1. The van der Waals surface area contributed by atoms with Gasteiger partial charge in [-0.25, -0.2) is 14.2 Å². The molecule has 0 saturated carbocycles. The van der Waals surface area contributed by atoms with E-state index in [9.17, 15) is 9.18 Å². The Morgan fingerprint density at radius 3 is 2.90 bits per heavy atom. The number of nitrogens with zero attached hydrogens (tertiary/aromatic N) is 1. The molecule has 1 aromatic carbocycles.